The van der Waals surface area contributed by atoms with Crippen molar-refractivity contribution >= 4 is 5.97 Å². The van der Waals surface area contributed by atoms with Crippen LogP contribution in [0.4, 0.5) is 0 Å². The van der Waals surface area contributed by atoms with Gasteiger partial charge >= 0.3 is 5.97 Å². The minimum atomic E-state index is -0.133. The Morgan fingerprint density at radius 3 is 2.69 bits per heavy atom. The Morgan fingerprint density at radius 2 is 2.12 bits per heavy atom. The van der Waals surface area contributed by atoms with E-state index in [0.29, 0.717) is 12.3 Å². The van der Waals surface area contributed by atoms with E-state index in [1.165, 1.54) is 7.11 Å². The Labute approximate surface area is 97.9 Å². The number of carbonyl (C=O) groups excluding carboxylic acids is 1. The van der Waals surface area contributed by atoms with E-state index in [2.05, 4.69) is 23.6 Å². The van der Waals surface area contributed by atoms with Gasteiger partial charge in [-0.15, -0.1) is 0 Å². The van der Waals surface area contributed by atoms with Gasteiger partial charge in [-0.1, -0.05) is 0 Å². The molecule has 1 heterocycles. The minimum Gasteiger partial charge on any atom is -0.469 e. The van der Waals surface area contributed by atoms with Gasteiger partial charge in [0.05, 0.1) is 13.5 Å². The van der Waals surface area contributed by atoms with E-state index in [4.69, 9.17) is 4.74 Å². The molecule has 1 saturated heterocycles. The summed E-state index contributed by atoms with van der Waals surface area (Å²) in [5.41, 5.74) is 0. The predicted octanol–water partition coefficient (Wildman–Crippen LogP) is 1.30. The minimum absolute atomic E-state index is 0.133. The molecule has 0 aliphatic carbocycles. The molecular weight excluding hydrogens is 206 g/mol. The first kappa shape index (κ1) is 13.5. The first-order valence-electron chi connectivity index (χ1n) is 5.98. The number of esters is 1. The summed E-state index contributed by atoms with van der Waals surface area (Å²) in [5.74, 6) is 0.574. The molecule has 94 valence electrons. The summed E-state index contributed by atoms with van der Waals surface area (Å²) in [6.45, 7) is 4.87. The third kappa shape index (κ3) is 4.49. The fraction of sp³-hybridized carbons (Fsp3) is 0.917. The van der Waals surface area contributed by atoms with Crippen molar-refractivity contribution in [2.24, 2.45) is 5.92 Å². The van der Waals surface area contributed by atoms with Gasteiger partial charge in [-0.25, -0.2) is 0 Å². The highest BCUT2D eigenvalue weighted by Gasteiger charge is 2.20. The van der Waals surface area contributed by atoms with Crippen molar-refractivity contribution in [2.75, 3.05) is 33.9 Å². The second-order valence-electron chi connectivity index (χ2n) is 4.62. The lowest BCUT2D eigenvalue weighted by Gasteiger charge is -2.30. The normalized spacial score (nSPS) is 19.8. The summed E-state index contributed by atoms with van der Waals surface area (Å²) >= 11 is 0. The lowest BCUT2D eigenvalue weighted by Crippen LogP contribution is -2.37. The van der Waals surface area contributed by atoms with Gasteiger partial charge < -0.3 is 14.4 Å². The van der Waals surface area contributed by atoms with Crippen LogP contribution in [0.25, 0.3) is 0 Å². The number of hydrogen-bond donors (Lipinski definition) is 0. The first-order chi connectivity index (χ1) is 7.63. The van der Waals surface area contributed by atoms with Crippen LogP contribution < -0.4 is 0 Å². The third-order valence-electron chi connectivity index (χ3n) is 3.33. The molecule has 0 saturated carbocycles. The van der Waals surface area contributed by atoms with E-state index in [-0.39, 0.29) is 12.0 Å². The Kier molecular flexibility index (Phi) is 5.77. The van der Waals surface area contributed by atoms with Gasteiger partial charge in [-0.05, 0) is 32.7 Å². The summed E-state index contributed by atoms with van der Waals surface area (Å²) < 4.78 is 10.0. The summed E-state index contributed by atoms with van der Waals surface area (Å²) in [5, 5.41) is 0. The molecule has 0 N–H and O–H groups in total. The molecule has 1 fully saturated rings. The molecule has 4 heteroatoms. The fourth-order valence-electron chi connectivity index (χ4n) is 2.00. The quantitative estimate of drug-likeness (QED) is 0.666. The number of carbonyl (C=O) groups is 1. The molecule has 1 rings (SSSR count). The highest BCUT2D eigenvalue weighted by atomic mass is 16.5. The number of rotatable bonds is 5. The number of nitrogens with zero attached hydrogens (tertiary/aromatic N) is 1. The molecule has 0 bridgehead atoms. The number of hydrogen-bond acceptors (Lipinski definition) is 4. The highest BCUT2D eigenvalue weighted by molar-refractivity contribution is 5.69. The standard InChI is InChI=1S/C12H23NO3/c1-10(8-12(14)15-3)13(2)9-11-4-6-16-7-5-11/h10-11H,4-9H2,1-3H3. The van der Waals surface area contributed by atoms with E-state index in [1.807, 2.05) is 0 Å². The van der Waals surface area contributed by atoms with Crippen LogP contribution in [0.15, 0.2) is 0 Å². The van der Waals surface area contributed by atoms with Crippen LogP contribution in [0, 0.1) is 5.92 Å². The molecule has 0 aromatic rings. The Balaban J connectivity index is 2.26. The monoisotopic (exact) mass is 229 g/mol. The zero-order valence-electron chi connectivity index (χ0n) is 10.6. The molecule has 0 radical (unpaired) electrons. The maximum absolute atomic E-state index is 11.1. The van der Waals surface area contributed by atoms with E-state index in [0.717, 1.165) is 32.6 Å². The van der Waals surface area contributed by atoms with Crippen molar-refractivity contribution in [3.8, 4) is 0 Å². The average Bonchev–Trinajstić information content (AvgIpc) is 2.30. The Hall–Kier alpha value is -0.610. The third-order valence-corrected chi connectivity index (χ3v) is 3.33. The molecule has 1 aliphatic rings. The van der Waals surface area contributed by atoms with Gasteiger partial charge in [-0.2, -0.15) is 0 Å². The van der Waals surface area contributed by atoms with Gasteiger partial charge in [0.25, 0.3) is 0 Å². The molecule has 1 aliphatic heterocycles. The first-order valence-corrected chi connectivity index (χ1v) is 5.98. The predicted molar refractivity (Wildman–Crippen MR) is 62.3 cm³/mol. The van der Waals surface area contributed by atoms with E-state index in [1.54, 1.807) is 0 Å². The second kappa shape index (κ2) is 6.86. The molecule has 4 nitrogen and oxygen atoms in total. The lowest BCUT2D eigenvalue weighted by atomic mass is 9.99. The average molecular weight is 229 g/mol. The number of methoxy groups -OCH3 is 1. The summed E-state index contributed by atoms with van der Waals surface area (Å²) in [6.07, 6.45) is 2.74. The molecule has 0 amide bonds. The van der Waals surface area contributed by atoms with Crippen molar-refractivity contribution < 1.29 is 14.3 Å². The molecular formula is C12H23NO3. The zero-order valence-corrected chi connectivity index (χ0v) is 10.6. The van der Waals surface area contributed by atoms with Gasteiger partial charge in [0.1, 0.15) is 0 Å². The van der Waals surface area contributed by atoms with Gasteiger partial charge in [0.2, 0.25) is 0 Å². The van der Waals surface area contributed by atoms with E-state index < -0.39 is 0 Å². The second-order valence-corrected chi connectivity index (χ2v) is 4.62. The van der Waals surface area contributed by atoms with Crippen molar-refractivity contribution in [1.29, 1.82) is 0 Å². The van der Waals surface area contributed by atoms with Gasteiger partial charge in [-0.3, -0.25) is 4.79 Å². The number of ether oxygens (including phenoxy) is 2. The highest BCUT2D eigenvalue weighted by Crippen LogP contribution is 2.17. The Morgan fingerprint density at radius 1 is 1.50 bits per heavy atom. The summed E-state index contributed by atoms with van der Waals surface area (Å²) in [4.78, 5) is 13.4. The smallest absolute Gasteiger partial charge is 0.307 e. The fourth-order valence-corrected chi connectivity index (χ4v) is 2.00. The van der Waals surface area contributed by atoms with Crippen LogP contribution in [0.1, 0.15) is 26.2 Å². The van der Waals surface area contributed by atoms with E-state index >= 15 is 0 Å². The molecule has 0 spiro atoms. The van der Waals surface area contributed by atoms with Crippen molar-refractivity contribution in [3.05, 3.63) is 0 Å². The molecule has 16 heavy (non-hydrogen) atoms. The van der Waals surface area contributed by atoms with Crippen molar-refractivity contribution in [2.45, 2.75) is 32.2 Å². The van der Waals surface area contributed by atoms with Crippen molar-refractivity contribution in [3.63, 3.8) is 0 Å². The largest absolute Gasteiger partial charge is 0.469 e. The molecule has 1 atom stereocenters. The van der Waals surface area contributed by atoms with Crippen LogP contribution in [-0.2, 0) is 14.3 Å². The van der Waals surface area contributed by atoms with Crippen LogP contribution in [0.2, 0.25) is 0 Å². The maximum Gasteiger partial charge on any atom is 0.307 e. The maximum atomic E-state index is 11.1. The van der Waals surface area contributed by atoms with Gasteiger partial charge in [0, 0.05) is 25.8 Å². The SMILES string of the molecule is COC(=O)CC(C)N(C)CC1CCOCC1. The van der Waals surface area contributed by atoms with Crippen molar-refractivity contribution in [1.82, 2.24) is 4.90 Å². The zero-order chi connectivity index (χ0) is 12.0. The lowest BCUT2D eigenvalue weighted by molar-refractivity contribution is -0.141. The van der Waals surface area contributed by atoms with Crippen LogP contribution in [0.3, 0.4) is 0 Å². The van der Waals surface area contributed by atoms with Crippen LogP contribution in [0.5, 0.6) is 0 Å². The molecule has 0 aromatic carbocycles. The van der Waals surface area contributed by atoms with E-state index in [9.17, 15) is 4.79 Å². The topological polar surface area (TPSA) is 38.8 Å². The molecule has 0 aromatic heterocycles. The summed E-state index contributed by atoms with van der Waals surface area (Å²) in [6, 6.07) is 0.246. The summed E-state index contributed by atoms with van der Waals surface area (Å²) in [7, 11) is 3.51. The van der Waals surface area contributed by atoms with Crippen LogP contribution >= 0.6 is 0 Å². The van der Waals surface area contributed by atoms with Gasteiger partial charge in [0.15, 0.2) is 0 Å². The van der Waals surface area contributed by atoms with Crippen LogP contribution in [-0.4, -0.2) is 50.8 Å². The molecule has 1 unspecified atom stereocenters. The Bertz CT molecular complexity index is 214.